The highest BCUT2D eigenvalue weighted by molar-refractivity contribution is 6.30. The van der Waals surface area contributed by atoms with Crippen molar-refractivity contribution in [3.8, 4) is 0 Å². The quantitative estimate of drug-likeness (QED) is 0.544. The molecule has 0 aliphatic carbocycles. The second kappa shape index (κ2) is 9.21. The molecular formula is C23H24ClNO. The highest BCUT2D eigenvalue weighted by Crippen LogP contribution is 2.22. The van der Waals surface area contributed by atoms with Gasteiger partial charge in [-0.25, -0.2) is 0 Å². The van der Waals surface area contributed by atoms with Crippen LogP contribution in [0.2, 0.25) is 5.02 Å². The summed E-state index contributed by atoms with van der Waals surface area (Å²) in [5.74, 6) is -0.0346. The van der Waals surface area contributed by atoms with E-state index in [-0.39, 0.29) is 5.91 Å². The minimum atomic E-state index is -0.0346. The predicted octanol–water partition coefficient (Wildman–Crippen LogP) is 6.37. The monoisotopic (exact) mass is 365 g/mol. The molecule has 3 heteroatoms. The fourth-order valence-electron chi connectivity index (χ4n) is 2.51. The highest BCUT2D eigenvalue weighted by Gasteiger charge is 2.18. The van der Waals surface area contributed by atoms with Gasteiger partial charge in [0.1, 0.15) is 0 Å². The van der Waals surface area contributed by atoms with Gasteiger partial charge in [-0.3, -0.25) is 4.79 Å². The zero-order valence-corrected chi connectivity index (χ0v) is 16.3. The summed E-state index contributed by atoms with van der Waals surface area (Å²) < 4.78 is 0. The molecule has 0 fully saturated rings. The van der Waals surface area contributed by atoms with E-state index in [0.29, 0.717) is 17.1 Å². The molecule has 26 heavy (non-hydrogen) atoms. The van der Waals surface area contributed by atoms with Crippen molar-refractivity contribution >= 4 is 23.2 Å². The van der Waals surface area contributed by atoms with Crippen LogP contribution in [0.15, 0.2) is 84.5 Å². The first-order valence-corrected chi connectivity index (χ1v) is 8.88. The Kier molecular flexibility index (Phi) is 6.99. The van der Waals surface area contributed by atoms with Gasteiger partial charge in [-0.15, -0.1) is 0 Å². The van der Waals surface area contributed by atoms with E-state index in [1.165, 1.54) is 0 Å². The molecule has 0 radical (unpaired) electrons. The van der Waals surface area contributed by atoms with Crippen LogP contribution in [0, 0.1) is 6.92 Å². The van der Waals surface area contributed by atoms with Gasteiger partial charge in [0.2, 0.25) is 0 Å². The Labute approximate surface area is 161 Å². The molecule has 0 spiro atoms. The summed E-state index contributed by atoms with van der Waals surface area (Å²) in [5, 5.41) is 0.647. The number of carbonyl (C=O) groups excluding carboxylic acids is 1. The number of benzene rings is 2. The lowest BCUT2D eigenvalue weighted by Gasteiger charge is -2.23. The smallest absolute Gasteiger partial charge is 0.258 e. The second-order valence-corrected chi connectivity index (χ2v) is 6.89. The Hall–Kier alpha value is -2.58. The summed E-state index contributed by atoms with van der Waals surface area (Å²) in [4.78, 5) is 14.9. The van der Waals surface area contributed by atoms with Crippen LogP contribution >= 0.6 is 11.6 Å². The van der Waals surface area contributed by atoms with Crippen LogP contribution in [-0.4, -0.2) is 12.5 Å². The first kappa shape index (κ1) is 19.7. The molecule has 1 amide bonds. The van der Waals surface area contributed by atoms with Crippen molar-refractivity contribution in [1.82, 2.24) is 0 Å². The molecule has 134 valence electrons. The zero-order valence-electron chi connectivity index (χ0n) is 15.5. The Morgan fingerprint density at radius 3 is 2.46 bits per heavy atom. The summed E-state index contributed by atoms with van der Waals surface area (Å²) in [5.41, 5.74) is 4.60. The Morgan fingerprint density at radius 2 is 1.85 bits per heavy atom. The number of aryl methyl sites for hydroxylation is 1. The van der Waals surface area contributed by atoms with Crippen LogP contribution in [0.1, 0.15) is 29.8 Å². The van der Waals surface area contributed by atoms with Crippen molar-refractivity contribution in [3.63, 3.8) is 0 Å². The molecule has 2 rings (SSSR count). The molecule has 2 aromatic carbocycles. The molecule has 0 saturated carbocycles. The second-order valence-electron chi connectivity index (χ2n) is 6.46. The Morgan fingerprint density at radius 1 is 1.15 bits per heavy atom. The van der Waals surface area contributed by atoms with Crippen molar-refractivity contribution in [2.75, 3.05) is 11.4 Å². The number of hydrogen-bond donors (Lipinski definition) is 0. The largest absolute Gasteiger partial charge is 0.304 e. The van der Waals surface area contributed by atoms with Gasteiger partial charge in [-0.05, 0) is 57.2 Å². The number of nitrogens with zero attached hydrogens (tertiary/aromatic N) is 1. The fourth-order valence-corrected chi connectivity index (χ4v) is 2.64. The number of anilines is 1. The maximum absolute atomic E-state index is 13.1. The number of rotatable bonds is 6. The molecular weight excluding hydrogens is 342 g/mol. The Bertz CT molecular complexity index is 847. The maximum Gasteiger partial charge on any atom is 0.258 e. The third-order valence-corrected chi connectivity index (χ3v) is 4.07. The van der Waals surface area contributed by atoms with Gasteiger partial charge in [0, 0.05) is 22.8 Å². The summed E-state index contributed by atoms with van der Waals surface area (Å²) in [6.07, 6.45) is 5.90. The van der Waals surface area contributed by atoms with Crippen LogP contribution in [0.5, 0.6) is 0 Å². The third kappa shape index (κ3) is 5.75. The number of amides is 1. The summed E-state index contributed by atoms with van der Waals surface area (Å²) in [6.45, 7) is 10.3. The minimum Gasteiger partial charge on any atom is -0.304 e. The van der Waals surface area contributed by atoms with E-state index in [2.05, 4.69) is 6.58 Å². The van der Waals surface area contributed by atoms with Crippen LogP contribution in [-0.2, 0) is 0 Å². The molecule has 2 aromatic rings. The summed E-state index contributed by atoms with van der Waals surface area (Å²) in [6, 6.07) is 15.0. The van der Waals surface area contributed by atoms with Gasteiger partial charge >= 0.3 is 0 Å². The van der Waals surface area contributed by atoms with E-state index < -0.39 is 0 Å². The van der Waals surface area contributed by atoms with Crippen molar-refractivity contribution in [2.45, 2.75) is 20.8 Å². The van der Waals surface area contributed by atoms with E-state index in [0.717, 1.165) is 22.4 Å². The van der Waals surface area contributed by atoms with E-state index in [4.69, 9.17) is 11.6 Å². The number of allylic oxidation sites excluding steroid dienone is 4. The zero-order chi connectivity index (χ0) is 19.1. The standard InChI is InChI=1S/C23H24ClNO/c1-17(2)7-5-9-19(4)16-25(22-13-11-21(24)12-14-22)23(26)20-10-6-8-18(3)15-20/h5-15H,1,16H2,2-4H3/b7-5-,19-9+. The van der Waals surface area contributed by atoms with Gasteiger partial charge in [0.25, 0.3) is 5.91 Å². The van der Waals surface area contributed by atoms with Crippen molar-refractivity contribution < 1.29 is 4.79 Å². The van der Waals surface area contributed by atoms with Crippen LogP contribution in [0.25, 0.3) is 0 Å². The van der Waals surface area contributed by atoms with Crippen LogP contribution in [0.4, 0.5) is 5.69 Å². The Balaban J connectivity index is 2.34. The number of halogens is 1. The van der Waals surface area contributed by atoms with Crippen LogP contribution in [0.3, 0.4) is 0 Å². The first-order chi connectivity index (χ1) is 12.4. The van der Waals surface area contributed by atoms with E-state index in [1.54, 1.807) is 17.0 Å². The molecule has 0 N–H and O–H groups in total. The van der Waals surface area contributed by atoms with Crippen molar-refractivity contribution in [3.05, 3.63) is 101 Å². The maximum atomic E-state index is 13.1. The molecule has 0 aliphatic heterocycles. The van der Waals surface area contributed by atoms with Crippen molar-refractivity contribution in [2.24, 2.45) is 0 Å². The highest BCUT2D eigenvalue weighted by atomic mass is 35.5. The van der Waals surface area contributed by atoms with E-state index in [1.807, 2.05) is 75.4 Å². The fraction of sp³-hybridized carbons (Fsp3) is 0.174. The molecule has 0 aliphatic rings. The molecule has 0 atom stereocenters. The van der Waals surface area contributed by atoms with Gasteiger partial charge in [-0.1, -0.05) is 65.3 Å². The summed E-state index contributed by atoms with van der Waals surface area (Å²) >= 11 is 6.01. The normalized spacial score (nSPS) is 11.6. The predicted molar refractivity (Wildman–Crippen MR) is 112 cm³/mol. The van der Waals surface area contributed by atoms with E-state index >= 15 is 0 Å². The van der Waals surface area contributed by atoms with E-state index in [9.17, 15) is 4.79 Å². The molecule has 0 aromatic heterocycles. The number of hydrogen-bond acceptors (Lipinski definition) is 1. The molecule has 0 saturated heterocycles. The first-order valence-electron chi connectivity index (χ1n) is 8.50. The lowest BCUT2D eigenvalue weighted by atomic mass is 10.1. The van der Waals surface area contributed by atoms with Gasteiger partial charge < -0.3 is 4.90 Å². The average Bonchev–Trinajstić information content (AvgIpc) is 2.59. The molecule has 0 unspecified atom stereocenters. The molecule has 2 nitrogen and oxygen atoms in total. The van der Waals surface area contributed by atoms with Crippen LogP contribution < -0.4 is 4.90 Å². The lowest BCUT2D eigenvalue weighted by Crippen LogP contribution is -2.32. The molecule has 0 heterocycles. The van der Waals surface area contributed by atoms with Gasteiger partial charge in [0.05, 0.1) is 0 Å². The van der Waals surface area contributed by atoms with Gasteiger partial charge in [0.15, 0.2) is 0 Å². The van der Waals surface area contributed by atoms with Gasteiger partial charge in [-0.2, -0.15) is 0 Å². The minimum absolute atomic E-state index is 0.0346. The lowest BCUT2D eigenvalue weighted by molar-refractivity contribution is 0.0989. The average molecular weight is 366 g/mol. The third-order valence-electron chi connectivity index (χ3n) is 3.82. The van der Waals surface area contributed by atoms with Crippen molar-refractivity contribution in [1.29, 1.82) is 0 Å². The summed E-state index contributed by atoms with van der Waals surface area (Å²) in [7, 11) is 0. The SMILES string of the molecule is C=C(C)/C=C\C=C(/C)CN(C(=O)c1cccc(C)c1)c1ccc(Cl)cc1. The molecule has 0 bridgehead atoms. The number of carbonyl (C=O) groups is 1. The topological polar surface area (TPSA) is 20.3 Å².